The average molecular weight is 222 g/mol. The van der Waals surface area contributed by atoms with Crippen LogP contribution >= 0.6 is 11.6 Å². The number of H-pyrrole nitrogens is 1. The number of hydrogen-bond donors (Lipinski definition) is 2. The van der Waals surface area contributed by atoms with E-state index >= 15 is 0 Å². The van der Waals surface area contributed by atoms with E-state index in [2.05, 4.69) is 11.6 Å². The van der Waals surface area contributed by atoms with Gasteiger partial charge in [-0.1, -0.05) is 18.2 Å². The zero-order chi connectivity index (χ0) is 11.0. The third-order valence-corrected chi connectivity index (χ3v) is 2.40. The maximum absolute atomic E-state index is 10.7. The maximum atomic E-state index is 10.7. The van der Waals surface area contributed by atoms with Crippen molar-refractivity contribution in [3.05, 3.63) is 41.6 Å². The van der Waals surface area contributed by atoms with E-state index in [0.717, 1.165) is 10.9 Å². The van der Waals surface area contributed by atoms with Gasteiger partial charge in [-0.3, -0.25) is 0 Å². The summed E-state index contributed by atoms with van der Waals surface area (Å²) in [5, 5.41) is 10.3. The molecule has 0 saturated heterocycles. The molecule has 0 unspecified atom stereocenters. The Morgan fingerprint density at radius 2 is 2.13 bits per heavy atom. The summed E-state index contributed by atoms with van der Waals surface area (Å²) in [6.45, 7) is 3.48. The Labute approximate surface area is 91.0 Å². The molecule has 0 amide bonds. The zero-order valence-electron chi connectivity index (χ0n) is 7.75. The Balaban J connectivity index is 2.56. The SMILES string of the molecule is C=C(C(=O)O)c1cc2cc(Cl)ccc2[nH]1. The molecule has 0 fully saturated rings. The molecule has 0 aliphatic heterocycles. The molecule has 2 aromatic rings. The van der Waals surface area contributed by atoms with E-state index in [9.17, 15) is 4.79 Å². The first-order chi connectivity index (χ1) is 7.08. The minimum atomic E-state index is -1.03. The highest BCUT2D eigenvalue weighted by molar-refractivity contribution is 6.31. The van der Waals surface area contributed by atoms with Crippen molar-refractivity contribution in [2.45, 2.75) is 0 Å². The van der Waals surface area contributed by atoms with Gasteiger partial charge in [0.1, 0.15) is 0 Å². The second kappa shape index (κ2) is 3.44. The number of carboxylic acid groups (broad SMARTS) is 1. The molecule has 4 heteroatoms. The molecular formula is C11H8ClNO2. The molecule has 0 radical (unpaired) electrons. The van der Waals surface area contributed by atoms with Crippen LogP contribution in [0.1, 0.15) is 5.69 Å². The van der Waals surface area contributed by atoms with Gasteiger partial charge in [0.15, 0.2) is 0 Å². The summed E-state index contributed by atoms with van der Waals surface area (Å²) in [7, 11) is 0. The lowest BCUT2D eigenvalue weighted by atomic mass is 10.2. The number of aromatic nitrogens is 1. The van der Waals surface area contributed by atoms with Gasteiger partial charge in [-0.25, -0.2) is 4.79 Å². The summed E-state index contributed by atoms with van der Waals surface area (Å²) in [6, 6.07) is 7.04. The third-order valence-electron chi connectivity index (χ3n) is 2.17. The molecule has 2 rings (SSSR count). The number of halogens is 1. The van der Waals surface area contributed by atoms with Crippen LogP contribution in [0, 0.1) is 0 Å². The first kappa shape index (κ1) is 9.80. The number of carboxylic acids is 1. The fourth-order valence-corrected chi connectivity index (χ4v) is 1.56. The van der Waals surface area contributed by atoms with Crippen LogP contribution in [0.25, 0.3) is 16.5 Å². The number of hydrogen-bond acceptors (Lipinski definition) is 1. The summed E-state index contributed by atoms with van der Waals surface area (Å²) < 4.78 is 0. The van der Waals surface area contributed by atoms with E-state index in [1.54, 1.807) is 24.3 Å². The van der Waals surface area contributed by atoms with Crippen molar-refractivity contribution < 1.29 is 9.90 Å². The molecular weight excluding hydrogens is 214 g/mol. The second-order valence-electron chi connectivity index (χ2n) is 3.20. The smallest absolute Gasteiger partial charge is 0.337 e. The molecule has 15 heavy (non-hydrogen) atoms. The van der Waals surface area contributed by atoms with E-state index in [-0.39, 0.29) is 5.57 Å². The van der Waals surface area contributed by atoms with Crippen molar-refractivity contribution in [2.75, 3.05) is 0 Å². The van der Waals surface area contributed by atoms with Gasteiger partial charge in [0.2, 0.25) is 0 Å². The van der Waals surface area contributed by atoms with Gasteiger partial charge >= 0.3 is 5.97 Å². The number of aliphatic carboxylic acids is 1. The molecule has 76 valence electrons. The Hall–Kier alpha value is -1.74. The van der Waals surface area contributed by atoms with Gasteiger partial charge in [-0.15, -0.1) is 0 Å². The van der Waals surface area contributed by atoms with Crippen LogP contribution in [0.4, 0.5) is 0 Å². The van der Waals surface area contributed by atoms with Crippen LogP contribution in [0.2, 0.25) is 5.02 Å². The number of fused-ring (bicyclic) bond motifs is 1. The molecule has 1 aromatic carbocycles. The summed E-state index contributed by atoms with van der Waals surface area (Å²) in [5.41, 5.74) is 1.39. The molecule has 3 nitrogen and oxygen atoms in total. The number of carbonyl (C=O) groups is 1. The number of benzene rings is 1. The summed E-state index contributed by atoms with van der Waals surface area (Å²) in [5.74, 6) is -1.03. The Kier molecular flexibility index (Phi) is 2.25. The molecule has 0 spiro atoms. The highest BCUT2D eigenvalue weighted by atomic mass is 35.5. The largest absolute Gasteiger partial charge is 0.478 e. The van der Waals surface area contributed by atoms with E-state index in [1.165, 1.54) is 0 Å². The first-order valence-corrected chi connectivity index (χ1v) is 4.66. The van der Waals surface area contributed by atoms with Gasteiger partial charge in [0.25, 0.3) is 0 Å². The maximum Gasteiger partial charge on any atom is 0.337 e. The van der Waals surface area contributed by atoms with Gasteiger partial charge in [0, 0.05) is 15.9 Å². The van der Waals surface area contributed by atoms with E-state index < -0.39 is 5.97 Å². The predicted molar refractivity (Wildman–Crippen MR) is 60.0 cm³/mol. The fourth-order valence-electron chi connectivity index (χ4n) is 1.38. The quantitative estimate of drug-likeness (QED) is 0.766. The van der Waals surface area contributed by atoms with Gasteiger partial charge < -0.3 is 10.1 Å². The van der Waals surface area contributed by atoms with Crippen molar-refractivity contribution >= 4 is 34.0 Å². The van der Waals surface area contributed by atoms with Crippen LogP contribution < -0.4 is 0 Å². The summed E-state index contributed by atoms with van der Waals surface area (Å²) >= 11 is 5.82. The first-order valence-electron chi connectivity index (χ1n) is 4.29. The molecule has 0 bridgehead atoms. The van der Waals surface area contributed by atoms with Crippen LogP contribution in [0.5, 0.6) is 0 Å². The van der Waals surface area contributed by atoms with Crippen LogP contribution in [0.3, 0.4) is 0 Å². The van der Waals surface area contributed by atoms with Crippen LogP contribution in [0.15, 0.2) is 30.8 Å². The normalized spacial score (nSPS) is 10.5. The zero-order valence-corrected chi connectivity index (χ0v) is 8.51. The number of aromatic amines is 1. The number of rotatable bonds is 2. The fraction of sp³-hybridized carbons (Fsp3) is 0. The van der Waals surface area contributed by atoms with Gasteiger partial charge in [-0.2, -0.15) is 0 Å². The van der Waals surface area contributed by atoms with E-state index in [0.29, 0.717) is 10.7 Å². The lowest BCUT2D eigenvalue weighted by molar-refractivity contribution is -0.130. The molecule has 0 atom stereocenters. The monoisotopic (exact) mass is 221 g/mol. The Morgan fingerprint density at radius 1 is 1.40 bits per heavy atom. The average Bonchev–Trinajstić information content (AvgIpc) is 2.58. The van der Waals surface area contributed by atoms with Crippen molar-refractivity contribution in [1.82, 2.24) is 4.98 Å². The minimum Gasteiger partial charge on any atom is -0.478 e. The van der Waals surface area contributed by atoms with E-state index in [4.69, 9.17) is 16.7 Å². The lowest BCUT2D eigenvalue weighted by Gasteiger charge is -1.93. The standard InChI is InChI=1S/C11H8ClNO2/c1-6(11(14)15)10-5-7-4-8(12)2-3-9(7)13-10/h2-5,13H,1H2,(H,14,15). The Bertz CT molecular complexity index is 557. The highest BCUT2D eigenvalue weighted by Crippen LogP contribution is 2.23. The van der Waals surface area contributed by atoms with Crippen molar-refractivity contribution in [2.24, 2.45) is 0 Å². The van der Waals surface area contributed by atoms with Gasteiger partial charge in [0.05, 0.1) is 11.3 Å². The summed E-state index contributed by atoms with van der Waals surface area (Å²) in [6.07, 6.45) is 0. The van der Waals surface area contributed by atoms with Crippen LogP contribution in [-0.4, -0.2) is 16.1 Å². The second-order valence-corrected chi connectivity index (χ2v) is 3.63. The summed E-state index contributed by atoms with van der Waals surface area (Å²) in [4.78, 5) is 13.7. The van der Waals surface area contributed by atoms with Crippen molar-refractivity contribution in [3.63, 3.8) is 0 Å². The molecule has 2 N–H and O–H groups in total. The Morgan fingerprint density at radius 3 is 2.80 bits per heavy atom. The topological polar surface area (TPSA) is 53.1 Å². The van der Waals surface area contributed by atoms with Crippen molar-refractivity contribution in [1.29, 1.82) is 0 Å². The molecule has 0 aliphatic rings. The number of nitrogens with one attached hydrogen (secondary N) is 1. The van der Waals surface area contributed by atoms with Gasteiger partial charge in [-0.05, 0) is 24.3 Å². The minimum absolute atomic E-state index is 0.0438. The van der Waals surface area contributed by atoms with Crippen LogP contribution in [-0.2, 0) is 4.79 Å². The van der Waals surface area contributed by atoms with E-state index in [1.807, 2.05) is 0 Å². The molecule has 0 saturated carbocycles. The predicted octanol–water partition coefficient (Wildman–Crippen LogP) is 2.92. The molecule has 1 heterocycles. The molecule has 0 aliphatic carbocycles. The third kappa shape index (κ3) is 1.74. The highest BCUT2D eigenvalue weighted by Gasteiger charge is 2.10. The molecule has 1 aromatic heterocycles. The lowest BCUT2D eigenvalue weighted by Crippen LogP contribution is -1.97. The van der Waals surface area contributed by atoms with Crippen molar-refractivity contribution in [3.8, 4) is 0 Å².